The van der Waals surface area contributed by atoms with Gasteiger partial charge in [0.25, 0.3) is 0 Å². The first kappa shape index (κ1) is 17.8. The van der Waals surface area contributed by atoms with E-state index in [0.717, 1.165) is 18.4 Å². The van der Waals surface area contributed by atoms with Gasteiger partial charge in [0, 0.05) is 18.9 Å². The molecule has 2 aromatic heterocycles. The summed E-state index contributed by atoms with van der Waals surface area (Å²) in [5.41, 5.74) is 1.40. The number of aromatic nitrogens is 3. The summed E-state index contributed by atoms with van der Waals surface area (Å²) in [4.78, 5) is 8.52. The van der Waals surface area contributed by atoms with E-state index in [-0.39, 0.29) is 23.6 Å². The number of hydrogen-bond acceptors (Lipinski definition) is 7. The molecule has 25 heavy (non-hydrogen) atoms. The van der Waals surface area contributed by atoms with Crippen LogP contribution in [-0.4, -0.2) is 47.0 Å². The fourth-order valence-electron chi connectivity index (χ4n) is 2.93. The zero-order chi connectivity index (χ0) is 18.0. The van der Waals surface area contributed by atoms with Gasteiger partial charge in [0.05, 0.1) is 6.54 Å². The van der Waals surface area contributed by atoms with Crippen molar-refractivity contribution < 1.29 is 17.7 Å². The Hall–Kier alpha value is -2.00. The summed E-state index contributed by atoms with van der Waals surface area (Å²) in [6.07, 6.45) is 5.49. The predicted octanol–water partition coefficient (Wildman–Crippen LogP) is 1.88. The van der Waals surface area contributed by atoms with Crippen molar-refractivity contribution in [2.45, 2.75) is 51.0 Å². The summed E-state index contributed by atoms with van der Waals surface area (Å²) < 4.78 is 38.0. The van der Waals surface area contributed by atoms with E-state index in [1.165, 1.54) is 4.31 Å². The van der Waals surface area contributed by atoms with Gasteiger partial charge in [-0.1, -0.05) is 12.1 Å². The molecular formula is C16H22N4O4S. The lowest BCUT2D eigenvalue weighted by molar-refractivity contribution is 0.119. The summed E-state index contributed by atoms with van der Waals surface area (Å²) in [7, 11) is -3.66. The van der Waals surface area contributed by atoms with Gasteiger partial charge in [-0.3, -0.25) is 0 Å². The van der Waals surface area contributed by atoms with Crippen LogP contribution in [0.4, 0.5) is 0 Å². The minimum Gasteiger partial charge on any atom is -0.459 e. The maximum atomic E-state index is 12.9. The fraction of sp³-hybridized carbons (Fsp3) is 0.562. The van der Waals surface area contributed by atoms with Crippen LogP contribution in [0.15, 0.2) is 21.8 Å². The first-order chi connectivity index (χ1) is 11.9. The van der Waals surface area contributed by atoms with E-state index < -0.39 is 10.0 Å². The van der Waals surface area contributed by atoms with Gasteiger partial charge < -0.3 is 9.26 Å². The zero-order valence-electron chi connectivity index (χ0n) is 14.6. The fourth-order valence-corrected chi connectivity index (χ4v) is 4.73. The second-order valence-electron chi connectivity index (χ2n) is 6.13. The molecule has 0 spiro atoms. The molecule has 3 rings (SSSR count). The molecule has 1 aliphatic rings. The van der Waals surface area contributed by atoms with Gasteiger partial charge in [0.15, 0.2) is 5.76 Å². The van der Waals surface area contributed by atoms with Crippen LogP contribution in [0.5, 0.6) is 6.01 Å². The van der Waals surface area contributed by atoms with Gasteiger partial charge in [-0.05, 0) is 38.7 Å². The highest BCUT2D eigenvalue weighted by Gasteiger charge is 2.35. The molecule has 0 N–H and O–H groups in total. The normalized spacial score (nSPS) is 19.1. The summed E-state index contributed by atoms with van der Waals surface area (Å²) in [5.74, 6) is 0.305. The van der Waals surface area contributed by atoms with Gasteiger partial charge in [-0.25, -0.2) is 18.4 Å². The molecule has 3 heterocycles. The van der Waals surface area contributed by atoms with Gasteiger partial charge >= 0.3 is 6.01 Å². The number of piperidine rings is 1. The third-order valence-electron chi connectivity index (χ3n) is 4.27. The van der Waals surface area contributed by atoms with Crippen LogP contribution in [0, 0.1) is 13.8 Å². The lowest BCUT2D eigenvalue weighted by Crippen LogP contribution is -2.44. The standard InChI is InChI=1S/C16H22N4O4S/c1-4-13-8-17-16(18-9-13)23-14-6-5-7-20(10-14)25(21,22)15-11(2)19-24-12(15)3/h8-9,14H,4-7,10H2,1-3H3. The number of rotatable bonds is 5. The number of aryl methyl sites for hydroxylation is 3. The van der Waals surface area contributed by atoms with E-state index in [9.17, 15) is 8.42 Å². The lowest BCUT2D eigenvalue weighted by Gasteiger charge is -2.31. The molecule has 136 valence electrons. The Bertz CT molecular complexity index is 813. The molecule has 1 unspecified atom stereocenters. The number of nitrogens with zero attached hydrogens (tertiary/aromatic N) is 4. The average Bonchev–Trinajstić information content (AvgIpc) is 2.95. The van der Waals surface area contributed by atoms with Crippen molar-refractivity contribution in [2.24, 2.45) is 0 Å². The molecule has 1 fully saturated rings. The van der Waals surface area contributed by atoms with Crippen LogP contribution in [0.2, 0.25) is 0 Å². The van der Waals surface area contributed by atoms with Crippen LogP contribution in [0.3, 0.4) is 0 Å². The second kappa shape index (κ2) is 7.09. The highest BCUT2D eigenvalue weighted by atomic mass is 32.2. The third-order valence-corrected chi connectivity index (χ3v) is 6.38. The number of hydrogen-bond donors (Lipinski definition) is 0. The summed E-state index contributed by atoms with van der Waals surface area (Å²) in [6.45, 7) is 5.96. The quantitative estimate of drug-likeness (QED) is 0.796. The Labute approximate surface area is 147 Å². The highest BCUT2D eigenvalue weighted by molar-refractivity contribution is 7.89. The van der Waals surface area contributed by atoms with Crippen LogP contribution < -0.4 is 4.74 Å². The van der Waals surface area contributed by atoms with Crippen molar-refractivity contribution in [2.75, 3.05) is 13.1 Å². The second-order valence-corrected chi connectivity index (χ2v) is 8.00. The predicted molar refractivity (Wildman–Crippen MR) is 89.8 cm³/mol. The molecule has 0 bridgehead atoms. The minimum absolute atomic E-state index is 0.150. The van der Waals surface area contributed by atoms with E-state index in [0.29, 0.717) is 24.4 Å². The average molecular weight is 366 g/mol. The molecular weight excluding hydrogens is 344 g/mol. The van der Waals surface area contributed by atoms with Crippen molar-refractivity contribution in [3.05, 3.63) is 29.4 Å². The first-order valence-electron chi connectivity index (χ1n) is 8.32. The SMILES string of the molecule is CCc1cnc(OC2CCCN(S(=O)(=O)c3c(C)noc3C)C2)nc1. The van der Waals surface area contributed by atoms with Crippen molar-refractivity contribution >= 4 is 10.0 Å². The molecule has 1 atom stereocenters. The van der Waals surface area contributed by atoms with Crippen LogP contribution in [0.1, 0.15) is 36.8 Å². The van der Waals surface area contributed by atoms with Crippen molar-refractivity contribution in [3.63, 3.8) is 0 Å². The van der Waals surface area contributed by atoms with Crippen LogP contribution in [0.25, 0.3) is 0 Å². The number of sulfonamides is 1. The van der Waals surface area contributed by atoms with Gasteiger partial charge in [0.2, 0.25) is 10.0 Å². The van der Waals surface area contributed by atoms with Gasteiger partial charge in [0.1, 0.15) is 16.7 Å². The molecule has 0 saturated carbocycles. The largest absolute Gasteiger partial charge is 0.459 e. The molecule has 0 radical (unpaired) electrons. The smallest absolute Gasteiger partial charge is 0.316 e. The summed E-state index contributed by atoms with van der Waals surface area (Å²) in [5, 5.41) is 3.75. The maximum Gasteiger partial charge on any atom is 0.316 e. The van der Waals surface area contributed by atoms with E-state index in [1.807, 2.05) is 6.92 Å². The first-order valence-corrected chi connectivity index (χ1v) is 9.76. The Morgan fingerprint density at radius 3 is 2.64 bits per heavy atom. The molecule has 1 saturated heterocycles. The van der Waals surface area contributed by atoms with Crippen molar-refractivity contribution in [1.29, 1.82) is 0 Å². The lowest BCUT2D eigenvalue weighted by atomic mass is 10.1. The Morgan fingerprint density at radius 2 is 2.04 bits per heavy atom. The zero-order valence-corrected chi connectivity index (χ0v) is 15.4. The third kappa shape index (κ3) is 3.67. The summed E-state index contributed by atoms with van der Waals surface area (Å²) >= 11 is 0. The molecule has 2 aromatic rings. The van der Waals surface area contributed by atoms with Crippen LogP contribution in [-0.2, 0) is 16.4 Å². The highest BCUT2D eigenvalue weighted by Crippen LogP contribution is 2.26. The van der Waals surface area contributed by atoms with Crippen molar-refractivity contribution in [1.82, 2.24) is 19.4 Å². The van der Waals surface area contributed by atoms with E-state index in [4.69, 9.17) is 9.26 Å². The van der Waals surface area contributed by atoms with E-state index in [2.05, 4.69) is 15.1 Å². The van der Waals surface area contributed by atoms with E-state index in [1.54, 1.807) is 26.2 Å². The topological polar surface area (TPSA) is 98.4 Å². The Balaban J connectivity index is 1.74. The Kier molecular flexibility index (Phi) is 5.05. The molecule has 0 aromatic carbocycles. The maximum absolute atomic E-state index is 12.9. The van der Waals surface area contributed by atoms with Gasteiger partial charge in [-0.15, -0.1) is 0 Å². The molecule has 9 heteroatoms. The minimum atomic E-state index is -3.66. The van der Waals surface area contributed by atoms with E-state index >= 15 is 0 Å². The molecule has 1 aliphatic heterocycles. The Morgan fingerprint density at radius 1 is 1.32 bits per heavy atom. The number of ether oxygens (including phenoxy) is 1. The van der Waals surface area contributed by atoms with Crippen LogP contribution >= 0.6 is 0 Å². The monoisotopic (exact) mass is 366 g/mol. The summed E-state index contributed by atoms with van der Waals surface area (Å²) in [6, 6.07) is 0.277. The van der Waals surface area contributed by atoms with Gasteiger partial charge in [-0.2, -0.15) is 4.31 Å². The molecule has 0 amide bonds. The molecule has 0 aliphatic carbocycles. The molecule has 8 nitrogen and oxygen atoms in total. The van der Waals surface area contributed by atoms with Crippen molar-refractivity contribution in [3.8, 4) is 6.01 Å².